The van der Waals surface area contributed by atoms with Crippen molar-refractivity contribution in [1.29, 1.82) is 0 Å². The lowest BCUT2D eigenvalue weighted by Crippen LogP contribution is -2.11. The zero-order chi connectivity index (χ0) is 8.72. The van der Waals surface area contributed by atoms with Gasteiger partial charge in [-0.15, -0.1) is 0 Å². The second-order valence-electron chi connectivity index (χ2n) is 3.74. The number of hydrogen-bond donors (Lipinski definition) is 1. The largest absolute Gasteiger partial charge is 0.384 e. The van der Waals surface area contributed by atoms with E-state index in [1.165, 1.54) is 12.8 Å². The van der Waals surface area contributed by atoms with E-state index in [0.717, 1.165) is 17.3 Å². The van der Waals surface area contributed by atoms with Crippen LogP contribution in [0, 0.1) is 12.8 Å². The predicted octanol–water partition coefficient (Wildman–Crippen LogP) is 1.74. The highest BCUT2D eigenvalue weighted by Gasteiger charge is 2.30. The first-order valence-electron chi connectivity index (χ1n) is 4.49. The van der Waals surface area contributed by atoms with Gasteiger partial charge in [-0.3, -0.25) is 0 Å². The molecule has 0 radical (unpaired) electrons. The van der Waals surface area contributed by atoms with Crippen LogP contribution in [0.15, 0.2) is 6.20 Å². The number of anilines is 1. The van der Waals surface area contributed by atoms with Crippen molar-refractivity contribution in [2.24, 2.45) is 5.92 Å². The molecular weight excluding hydrogens is 150 g/mol. The topological polar surface area (TPSA) is 43.8 Å². The summed E-state index contributed by atoms with van der Waals surface area (Å²) in [6.07, 6.45) is 4.51. The van der Waals surface area contributed by atoms with Gasteiger partial charge in [-0.2, -0.15) is 5.10 Å². The molecular formula is C9H15N3. The molecule has 3 nitrogen and oxygen atoms in total. The Hall–Kier alpha value is -0.990. The fraction of sp³-hybridized carbons (Fsp3) is 0.667. The highest BCUT2D eigenvalue weighted by atomic mass is 15.3. The van der Waals surface area contributed by atoms with Gasteiger partial charge in [-0.05, 0) is 32.6 Å². The summed E-state index contributed by atoms with van der Waals surface area (Å²) in [7, 11) is 0. The molecule has 1 heterocycles. The molecule has 1 fully saturated rings. The van der Waals surface area contributed by atoms with Gasteiger partial charge in [0.15, 0.2) is 0 Å². The van der Waals surface area contributed by atoms with Crippen LogP contribution in [0.4, 0.5) is 5.82 Å². The number of aromatic nitrogens is 2. The van der Waals surface area contributed by atoms with Crippen molar-refractivity contribution in [3.05, 3.63) is 11.8 Å². The standard InChI is InChI=1S/C9H15N3/c1-6-5-11-12(9(6)10)7(2)8-3-4-8/h5,7-8H,3-4,10H2,1-2H3. The third kappa shape index (κ3) is 1.09. The Bertz CT molecular complexity index is 286. The Labute approximate surface area is 72.6 Å². The van der Waals surface area contributed by atoms with Gasteiger partial charge in [-0.25, -0.2) is 4.68 Å². The Morgan fingerprint density at radius 3 is 2.75 bits per heavy atom. The molecule has 1 atom stereocenters. The summed E-state index contributed by atoms with van der Waals surface area (Å²) in [5.74, 6) is 1.64. The molecule has 1 aromatic rings. The SMILES string of the molecule is Cc1cnn(C(C)C2CC2)c1N. The van der Waals surface area contributed by atoms with Gasteiger partial charge in [0.1, 0.15) is 5.82 Å². The minimum Gasteiger partial charge on any atom is -0.384 e. The van der Waals surface area contributed by atoms with Crippen LogP contribution in [0.3, 0.4) is 0 Å². The Morgan fingerprint density at radius 2 is 2.33 bits per heavy atom. The molecule has 1 saturated carbocycles. The summed E-state index contributed by atoms with van der Waals surface area (Å²) in [5.41, 5.74) is 6.96. The number of nitrogen functional groups attached to an aromatic ring is 1. The summed E-state index contributed by atoms with van der Waals surface area (Å²) in [6, 6.07) is 0.485. The fourth-order valence-corrected chi connectivity index (χ4v) is 1.56. The summed E-state index contributed by atoms with van der Waals surface area (Å²) in [4.78, 5) is 0. The molecule has 1 aliphatic carbocycles. The first kappa shape index (κ1) is 7.65. The van der Waals surface area contributed by atoms with Crippen molar-refractivity contribution < 1.29 is 0 Å². The quantitative estimate of drug-likeness (QED) is 0.725. The van der Waals surface area contributed by atoms with E-state index >= 15 is 0 Å². The smallest absolute Gasteiger partial charge is 0.124 e. The molecule has 2 N–H and O–H groups in total. The molecule has 2 rings (SSSR count). The highest BCUT2D eigenvalue weighted by Crippen LogP contribution is 2.40. The molecule has 0 aliphatic heterocycles. The van der Waals surface area contributed by atoms with E-state index in [2.05, 4.69) is 12.0 Å². The monoisotopic (exact) mass is 165 g/mol. The maximum atomic E-state index is 5.87. The number of nitrogens with zero attached hydrogens (tertiary/aromatic N) is 2. The van der Waals surface area contributed by atoms with E-state index in [1.54, 1.807) is 0 Å². The number of nitrogens with two attached hydrogens (primary N) is 1. The van der Waals surface area contributed by atoms with Crippen LogP contribution in [0.5, 0.6) is 0 Å². The second-order valence-corrected chi connectivity index (χ2v) is 3.74. The average molecular weight is 165 g/mol. The van der Waals surface area contributed by atoms with E-state index in [0.29, 0.717) is 6.04 Å². The van der Waals surface area contributed by atoms with Gasteiger partial charge in [0.25, 0.3) is 0 Å². The van der Waals surface area contributed by atoms with Gasteiger partial charge >= 0.3 is 0 Å². The zero-order valence-corrected chi connectivity index (χ0v) is 7.62. The molecule has 0 aromatic carbocycles. The molecule has 0 spiro atoms. The van der Waals surface area contributed by atoms with Crippen LogP contribution in [0.1, 0.15) is 31.4 Å². The molecule has 66 valence electrons. The molecule has 0 saturated heterocycles. The summed E-state index contributed by atoms with van der Waals surface area (Å²) in [6.45, 7) is 4.19. The lowest BCUT2D eigenvalue weighted by Gasteiger charge is -2.12. The molecule has 12 heavy (non-hydrogen) atoms. The Kier molecular flexibility index (Phi) is 1.60. The predicted molar refractivity (Wildman–Crippen MR) is 48.8 cm³/mol. The van der Waals surface area contributed by atoms with E-state index in [1.807, 2.05) is 17.8 Å². The normalized spacial score (nSPS) is 19.5. The lowest BCUT2D eigenvalue weighted by molar-refractivity contribution is 0.446. The van der Waals surface area contributed by atoms with Crippen molar-refractivity contribution in [2.75, 3.05) is 5.73 Å². The van der Waals surface area contributed by atoms with Gasteiger partial charge < -0.3 is 5.73 Å². The molecule has 0 amide bonds. The van der Waals surface area contributed by atoms with E-state index < -0.39 is 0 Å². The van der Waals surface area contributed by atoms with Crippen molar-refractivity contribution in [3.8, 4) is 0 Å². The second kappa shape index (κ2) is 2.51. The Balaban J connectivity index is 2.25. The van der Waals surface area contributed by atoms with Crippen molar-refractivity contribution in [1.82, 2.24) is 9.78 Å². The van der Waals surface area contributed by atoms with Crippen LogP contribution in [0.25, 0.3) is 0 Å². The average Bonchev–Trinajstić information content (AvgIpc) is 2.82. The van der Waals surface area contributed by atoms with E-state index in [9.17, 15) is 0 Å². The maximum Gasteiger partial charge on any atom is 0.124 e. The number of aryl methyl sites for hydroxylation is 1. The van der Waals surface area contributed by atoms with Crippen LogP contribution in [-0.2, 0) is 0 Å². The van der Waals surface area contributed by atoms with Gasteiger partial charge in [-0.1, -0.05) is 0 Å². The first-order chi connectivity index (χ1) is 5.70. The van der Waals surface area contributed by atoms with Crippen LogP contribution in [-0.4, -0.2) is 9.78 Å². The lowest BCUT2D eigenvalue weighted by atomic mass is 10.2. The first-order valence-corrected chi connectivity index (χ1v) is 4.49. The third-order valence-electron chi connectivity index (χ3n) is 2.72. The third-order valence-corrected chi connectivity index (χ3v) is 2.72. The fourth-order valence-electron chi connectivity index (χ4n) is 1.56. The van der Waals surface area contributed by atoms with Crippen molar-refractivity contribution in [2.45, 2.75) is 32.7 Å². The minimum atomic E-state index is 0.485. The van der Waals surface area contributed by atoms with Gasteiger partial charge in [0.2, 0.25) is 0 Å². The molecule has 0 bridgehead atoms. The number of hydrogen-bond acceptors (Lipinski definition) is 2. The zero-order valence-electron chi connectivity index (χ0n) is 7.62. The van der Waals surface area contributed by atoms with E-state index in [-0.39, 0.29) is 0 Å². The maximum absolute atomic E-state index is 5.87. The van der Waals surface area contributed by atoms with Crippen LogP contribution < -0.4 is 5.73 Å². The molecule has 3 heteroatoms. The summed E-state index contributed by atoms with van der Waals surface area (Å²) >= 11 is 0. The van der Waals surface area contributed by atoms with Gasteiger partial charge in [0.05, 0.1) is 12.2 Å². The van der Waals surface area contributed by atoms with Crippen LogP contribution >= 0.6 is 0 Å². The molecule has 1 aromatic heterocycles. The van der Waals surface area contributed by atoms with E-state index in [4.69, 9.17) is 5.73 Å². The van der Waals surface area contributed by atoms with Crippen LogP contribution in [0.2, 0.25) is 0 Å². The molecule has 1 unspecified atom stereocenters. The van der Waals surface area contributed by atoms with Crippen molar-refractivity contribution >= 4 is 5.82 Å². The van der Waals surface area contributed by atoms with Crippen molar-refractivity contribution in [3.63, 3.8) is 0 Å². The number of rotatable bonds is 2. The van der Waals surface area contributed by atoms with Gasteiger partial charge in [0, 0.05) is 5.56 Å². The summed E-state index contributed by atoms with van der Waals surface area (Å²) < 4.78 is 1.95. The summed E-state index contributed by atoms with van der Waals surface area (Å²) in [5, 5.41) is 4.27. The minimum absolute atomic E-state index is 0.485. The Morgan fingerprint density at radius 1 is 1.67 bits per heavy atom. The highest BCUT2D eigenvalue weighted by molar-refractivity contribution is 5.37. The molecule has 1 aliphatic rings.